The first-order chi connectivity index (χ1) is 8.70. The molecule has 0 saturated carbocycles. The number of nitriles is 1. The zero-order valence-electron chi connectivity index (χ0n) is 10.8. The summed E-state index contributed by atoms with van der Waals surface area (Å²) >= 11 is 0. The molecule has 0 aliphatic rings. The largest absolute Gasteiger partial charge is 0.381 e. The van der Waals surface area contributed by atoms with Gasteiger partial charge in [-0.05, 0) is 18.6 Å². The van der Waals surface area contributed by atoms with E-state index >= 15 is 0 Å². The van der Waals surface area contributed by atoms with E-state index in [1.165, 1.54) is 4.90 Å². The van der Waals surface area contributed by atoms with Crippen molar-refractivity contribution >= 4 is 11.6 Å². The zero-order valence-corrected chi connectivity index (χ0v) is 10.8. The SMILES string of the molecule is CCCOCCC(=O)N(C)c1ccccc1C#N. The molecule has 0 aliphatic heterocycles. The van der Waals surface area contributed by atoms with Crippen molar-refractivity contribution in [1.29, 1.82) is 5.26 Å². The predicted molar refractivity (Wildman–Crippen MR) is 70.3 cm³/mol. The van der Waals surface area contributed by atoms with Crippen LogP contribution in [0.2, 0.25) is 0 Å². The first-order valence-corrected chi connectivity index (χ1v) is 6.04. The number of para-hydroxylation sites is 1. The monoisotopic (exact) mass is 246 g/mol. The van der Waals surface area contributed by atoms with E-state index in [9.17, 15) is 4.79 Å². The second kappa shape index (κ2) is 7.46. The van der Waals surface area contributed by atoms with E-state index < -0.39 is 0 Å². The number of benzene rings is 1. The van der Waals surface area contributed by atoms with Crippen LogP contribution in [0.25, 0.3) is 0 Å². The van der Waals surface area contributed by atoms with Gasteiger partial charge >= 0.3 is 0 Å². The molecule has 0 radical (unpaired) electrons. The fourth-order valence-electron chi connectivity index (χ4n) is 1.57. The topological polar surface area (TPSA) is 53.3 Å². The van der Waals surface area contributed by atoms with Gasteiger partial charge in [-0.1, -0.05) is 19.1 Å². The third-order valence-electron chi connectivity index (χ3n) is 2.57. The maximum absolute atomic E-state index is 11.9. The van der Waals surface area contributed by atoms with Crippen molar-refractivity contribution in [1.82, 2.24) is 0 Å². The summed E-state index contributed by atoms with van der Waals surface area (Å²) in [5.41, 5.74) is 1.14. The smallest absolute Gasteiger partial charge is 0.229 e. The van der Waals surface area contributed by atoms with E-state index in [1.807, 2.05) is 13.0 Å². The molecule has 96 valence electrons. The molecule has 0 fully saturated rings. The molecule has 1 amide bonds. The van der Waals surface area contributed by atoms with Crippen molar-refractivity contribution in [3.05, 3.63) is 29.8 Å². The first kappa shape index (κ1) is 14.2. The van der Waals surface area contributed by atoms with Gasteiger partial charge in [-0.15, -0.1) is 0 Å². The molecule has 0 unspecified atom stereocenters. The van der Waals surface area contributed by atoms with E-state index in [-0.39, 0.29) is 5.91 Å². The van der Waals surface area contributed by atoms with Gasteiger partial charge in [0.15, 0.2) is 0 Å². The van der Waals surface area contributed by atoms with Crippen molar-refractivity contribution in [2.45, 2.75) is 19.8 Å². The van der Waals surface area contributed by atoms with Crippen LogP contribution in [0.5, 0.6) is 0 Å². The van der Waals surface area contributed by atoms with Gasteiger partial charge in [-0.3, -0.25) is 4.79 Å². The highest BCUT2D eigenvalue weighted by molar-refractivity contribution is 5.94. The number of hydrogen-bond acceptors (Lipinski definition) is 3. The van der Waals surface area contributed by atoms with Crippen LogP contribution in [-0.2, 0) is 9.53 Å². The molecule has 0 N–H and O–H groups in total. The van der Waals surface area contributed by atoms with E-state index in [0.29, 0.717) is 30.9 Å². The van der Waals surface area contributed by atoms with Crippen LogP contribution in [0.15, 0.2) is 24.3 Å². The second-order valence-corrected chi connectivity index (χ2v) is 3.94. The normalized spacial score (nSPS) is 9.83. The molecule has 0 bridgehead atoms. The molecule has 0 spiro atoms. The molecular formula is C14H18N2O2. The summed E-state index contributed by atoms with van der Waals surface area (Å²) in [6, 6.07) is 9.15. The first-order valence-electron chi connectivity index (χ1n) is 6.04. The maximum atomic E-state index is 11.9. The van der Waals surface area contributed by atoms with Gasteiger partial charge in [0.05, 0.1) is 24.3 Å². The standard InChI is InChI=1S/C14H18N2O2/c1-3-9-18-10-8-14(17)16(2)13-7-5-4-6-12(13)11-15/h4-7H,3,8-10H2,1-2H3. The van der Waals surface area contributed by atoms with E-state index in [2.05, 4.69) is 6.07 Å². The van der Waals surface area contributed by atoms with Crippen LogP contribution in [0, 0.1) is 11.3 Å². The van der Waals surface area contributed by atoms with Gasteiger partial charge < -0.3 is 9.64 Å². The minimum absolute atomic E-state index is 0.0474. The molecule has 4 nitrogen and oxygen atoms in total. The van der Waals surface area contributed by atoms with Crippen LogP contribution < -0.4 is 4.90 Å². The third kappa shape index (κ3) is 3.86. The minimum atomic E-state index is -0.0474. The average Bonchev–Trinajstić information content (AvgIpc) is 2.42. The lowest BCUT2D eigenvalue weighted by molar-refractivity contribution is -0.119. The molecule has 0 aliphatic carbocycles. The number of rotatable bonds is 6. The lowest BCUT2D eigenvalue weighted by Crippen LogP contribution is -2.27. The Morgan fingerprint density at radius 3 is 2.78 bits per heavy atom. The Morgan fingerprint density at radius 1 is 1.39 bits per heavy atom. The molecule has 18 heavy (non-hydrogen) atoms. The number of carbonyl (C=O) groups excluding carboxylic acids is 1. The van der Waals surface area contributed by atoms with Crippen LogP contribution >= 0.6 is 0 Å². The Labute approximate surface area is 108 Å². The molecule has 0 aromatic heterocycles. The summed E-state index contributed by atoms with van der Waals surface area (Å²) in [4.78, 5) is 13.4. The number of anilines is 1. The van der Waals surface area contributed by atoms with E-state index in [4.69, 9.17) is 10.00 Å². The fourth-order valence-corrected chi connectivity index (χ4v) is 1.57. The Morgan fingerprint density at radius 2 is 2.11 bits per heavy atom. The summed E-state index contributed by atoms with van der Waals surface area (Å²) in [6.07, 6.45) is 1.28. The van der Waals surface area contributed by atoms with E-state index in [1.54, 1.807) is 25.2 Å². The summed E-state index contributed by atoms with van der Waals surface area (Å²) < 4.78 is 5.28. The van der Waals surface area contributed by atoms with Crippen molar-refractivity contribution in [2.75, 3.05) is 25.2 Å². The molecule has 1 rings (SSSR count). The molecular weight excluding hydrogens is 228 g/mol. The van der Waals surface area contributed by atoms with Crippen LogP contribution in [0.4, 0.5) is 5.69 Å². The molecule has 0 saturated heterocycles. The Hall–Kier alpha value is -1.86. The highest BCUT2D eigenvalue weighted by Crippen LogP contribution is 2.18. The molecule has 1 aromatic carbocycles. The van der Waals surface area contributed by atoms with Gasteiger partial charge in [0.1, 0.15) is 6.07 Å². The lowest BCUT2D eigenvalue weighted by Gasteiger charge is -2.18. The van der Waals surface area contributed by atoms with Gasteiger partial charge in [-0.2, -0.15) is 5.26 Å². The summed E-state index contributed by atoms with van der Waals surface area (Å²) in [6.45, 7) is 3.12. The third-order valence-corrected chi connectivity index (χ3v) is 2.57. The Balaban J connectivity index is 2.61. The number of ether oxygens (including phenoxy) is 1. The van der Waals surface area contributed by atoms with Gasteiger partial charge in [0.2, 0.25) is 5.91 Å². The van der Waals surface area contributed by atoms with Gasteiger partial charge in [0, 0.05) is 13.7 Å². The van der Waals surface area contributed by atoms with Crippen molar-refractivity contribution < 1.29 is 9.53 Å². The van der Waals surface area contributed by atoms with Crippen molar-refractivity contribution in [3.8, 4) is 6.07 Å². The molecule has 1 aromatic rings. The number of amides is 1. The van der Waals surface area contributed by atoms with Gasteiger partial charge in [0.25, 0.3) is 0 Å². The molecule has 0 atom stereocenters. The number of carbonyl (C=O) groups is 1. The van der Waals surface area contributed by atoms with Crippen LogP contribution in [-0.4, -0.2) is 26.2 Å². The van der Waals surface area contributed by atoms with Gasteiger partial charge in [-0.25, -0.2) is 0 Å². The lowest BCUT2D eigenvalue weighted by atomic mass is 10.2. The zero-order chi connectivity index (χ0) is 13.4. The highest BCUT2D eigenvalue weighted by atomic mass is 16.5. The maximum Gasteiger partial charge on any atom is 0.229 e. The number of hydrogen-bond donors (Lipinski definition) is 0. The second-order valence-electron chi connectivity index (χ2n) is 3.94. The van der Waals surface area contributed by atoms with Crippen molar-refractivity contribution in [3.63, 3.8) is 0 Å². The van der Waals surface area contributed by atoms with Crippen LogP contribution in [0.1, 0.15) is 25.3 Å². The Kier molecular flexibility index (Phi) is 5.89. The Bertz CT molecular complexity index is 438. The summed E-state index contributed by atoms with van der Waals surface area (Å²) in [5, 5.41) is 8.98. The summed E-state index contributed by atoms with van der Waals surface area (Å²) in [7, 11) is 1.68. The van der Waals surface area contributed by atoms with E-state index in [0.717, 1.165) is 6.42 Å². The minimum Gasteiger partial charge on any atom is -0.381 e. The molecule has 4 heteroatoms. The summed E-state index contributed by atoms with van der Waals surface area (Å²) in [5.74, 6) is -0.0474. The van der Waals surface area contributed by atoms with Crippen LogP contribution in [0.3, 0.4) is 0 Å². The quantitative estimate of drug-likeness (QED) is 0.724. The average molecular weight is 246 g/mol. The highest BCUT2D eigenvalue weighted by Gasteiger charge is 2.13. The molecule has 0 heterocycles. The number of nitrogens with zero attached hydrogens (tertiary/aromatic N) is 2. The fraction of sp³-hybridized carbons (Fsp3) is 0.429. The predicted octanol–water partition coefficient (Wildman–Crippen LogP) is 2.34. The van der Waals surface area contributed by atoms with Crippen molar-refractivity contribution in [2.24, 2.45) is 0 Å².